The number of rotatable bonds is 4. The molecular weight excluding hydrogens is 256 g/mol. The maximum absolute atomic E-state index is 10.9. The normalized spacial score (nSPS) is 25.2. The van der Waals surface area contributed by atoms with Gasteiger partial charge in [-0.2, -0.15) is 0 Å². The third-order valence-corrected chi connectivity index (χ3v) is 5.40. The van der Waals surface area contributed by atoms with Gasteiger partial charge in [0.15, 0.2) is 0 Å². The average Bonchev–Trinajstić information content (AvgIpc) is 2.49. The zero-order valence-electron chi connectivity index (χ0n) is 10.1. The van der Waals surface area contributed by atoms with Gasteiger partial charge in [-0.3, -0.25) is 10.1 Å². The highest BCUT2D eigenvalue weighted by Gasteiger charge is 2.31. The van der Waals surface area contributed by atoms with Crippen LogP contribution in [0.2, 0.25) is 0 Å². The first-order valence-corrected chi connectivity index (χ1v) is 7.62. The molecule has 94 valence electrons. The Morgan fingerprint density at radius 1 is 1.59 bits per heavy atom. The quantitative estimate of drug-likeness (QED) is 0.445. The van der Waals surface area contributed by atoms with E-state index in [1.165, 1.54) is 12.3 Å². The van der Waals surface area contributed by atoms with Gasteiger partial charge < -0.3 is 0 Å². The molecule has 0 bridgehead atoms. The number of nitro groups is 1. The molecule has 0 N–H and O–H groups in total. The van der Waals surface area contributed by atoms with E-state index in [9.17, 15) is 10.1 Å². The van der Waals surface area contributed by atoms with Crippen LogP contribution in [0.15, 0.2) is 29.4 Å². The largest absolute Gasteiger partial charge is 0.263 e. The standard InChI is InChI=1S/C11H16N2O2S2/c1-4-9(2)16-17-10-5-6-11(3,13(14)15)7-8-12-10/h5-9H,4H2,1-3H3. The van der Waals surface area contributed by atoms with Gasteiger partial charge in [-0.25, -0.2) is 4.99 Å². The Hall–Kier alpha value is -0.750. The van der Waals surface area contributed by atoms with Crippen molar-refractivity contribution in [2.45, 2.75) is 38.0 Å². The minimum Gasteiger partial charge on any atom is -0.263 e. The van der Waals surface area contributed by atoms with Gasteiger partial charge >= 0.3 is 0 Å². The molecule has 0 aliphatic carbocycles. The van der Waals surface area contributed by atoms with Gasteiger partial charge in [0.2, 0.25) is 0 Å². The van der Waals surface area contributed by atoms with E-state index < -0.39 is 5.54 Å². The summed E-state index contributed by atoms with van der Waals surface area (Å²) in [5.74, 6) is 0. The fraction of sp³-hybridized carbons (Fsp3) is 0.545. The Morgan fingerprint density at radius 3 is 2.88 bits per heavy atom. The summed E-state index contributed by atoms with van der Waals surface area (Å²) < 4.78 is 0. The van der Waals surface area contributed by atoms with Crippen molar-refractivity contribution in [1.82, 2.24) is 0 Å². The van der Waals surface area contributed by atoms with Crippen molar-refractivity contribution >= 4 is 26.6 Å². The second-order valence-corrected chi connectivity index (χ2v) is 6.66. The van der Waals surface area contributed by atoms with E-state index in [4.69, 9.17) is 0 Å². The average molecular weight is 272 g/mol. The molecule has 0 aromatic rings. The summed E-state index contributed by atoms with van der Waals surface area (Å²) in [4.78, 5) is 14.8. The molecule has 0 aromatic carbocycles. The van der Waals surface area contributed by atoms with Gasteiger partial charge in [0.1, 0.15) is 5.04 Å². The minimum absolute atomic E-state index is 0.315. The van der Waals surface area contributed by atoms with Crippen molar-refractivity contribution < 1.29 is 4.92 Å². The van der Waals surface area contributed by atoms with Crippen LogP contribution in [0.1, 0.15) is 27.2 Å². The highest BCUT2D eigenvalue weighted by Crippen LogP contribution is 2.31. The van der Waals surface area contributed by atoms with Crippen molar-refractivity contribution in [2.24, 2.45) is 4.99 Å². The first kappa shape index (κ1) is 14.3. The molecule has 0 spiro atoms. The molecule has 2 atom stereocenters. The number of aliphatic imine (C=N–C) groups is 1. The molecule has 0 aromatic heterocycles. The Labute approximate surface area is 109 Å². The Balaban J connectivity index is 2.65. The summed E-state index contributed by atoms with van der Waals surface area (Å²) in [6, 6.07) is 0. The predicted molar refractivity (Wildman–Crippen MR) is 76.0 cm³/mol. The van der Waals surface area contributed by atoms with E-state index in [0.29, 0.717) is 5.25 Å². The highest BCUT2D eigenvalue weighted by molar-refractivity contribution is 8.82. The molecule has 2 unspecified atom stereocenters. The molecule has 0 amide bonds. The van der Waals surface area contributed by atoms with Gasteiger partial charge in [0.05, 0.1) is 0 Å². The fourth-order valence-corrected chi connectivity index (χ4v) is 3.09. The summed E-state index contributed by atoms with van der Waals surface area (Å²) in [6.07, 6.45) is 7.42. The molecule has 0 saturated heterocycles. The van der Waals surface area contributed by atoms with Crippen LogP contribution >= 0.6 is 21.6 Å². The van der Waals surface area contributed by atoms with Crippen molar-refractivity contribution in [2.75, 3.05) is 0 Å². The first-order valence-electron chi connectivity index (χ1n) is 5.40. The Morgan fingerprint density at radius 2 is 2.29 bits per heavy atom. The third kappa shape index (κ3) is 4.20. The lowest BCUT2D eigenvalue weighted by Gasteiger charge is -2.10. The SMILES string of the molecule is CCC(C)SSC1=NC=CC(C)([N+](=O)[O-])C=C1. The van der Waals surface area contributed by atoms with Crippen LogP contribution < -0.4 is 0 Å². The lowest BCUT2D eigenvalue weighted by Crippen LogP contribution is -2.29. The minimum atomic E-state index is -1.15. The lowest BCUT2D eigenvalue weighted by molar-refractivity contribution is -0.535. The molecule has 4 nitrogen and oxygen atoms in total. The lowest BCUT2D eigenvalue weighted by atomic mass is 10.0. The fourth-order valence-electron chi connectivity index (χ4n) is 0.971. The Kier molecular flexibility index (Phi) is 5.27. The predicted octanol–water partition coefficient (Wildman–Crippen LogP) is 3.68. The number of hydrogen-bond acceptors (Lipinski definition) is 5. The number of hydrogen-bond donors (Lipinski definition) is 0. The molecule has 0 radical (unpaired) electrons. The van der Waals surface area contributed by atoms with Crippen molar-refractivity contribution in [3.63, 3.8) is 0 Å². The van der Waals surface area contributed by atoms with Gasteiger partial charge in [0, 0.05) is 29.4 Å². The molecule has 1 rings (SSSR count). The summed E-state index contributed by atoms with van der Waals surface area (Å²) in [6.45, 7) is 5.84. The summed E-state index contributed by atoms with van der Waals surface area (Å²) in [7, 11) is 3.29. The van der Waals surface area contributed by atoms with Gasteiger partial charge in [-0.05, 0) is 29.4 Å². The van der Waals surface area contributed by atoms with E-state index >= 15 is 0 Å². The zero-order valence-corrected chi connectivity index (χ0v) is 11.8. The van der Waals surface area contributed by atoms with Gasteiger partial charge in [0.25, 0.3) is 5.54 Å². The van der Waals surface area contributed by atoms with Crippen LogP contribution in [-0.4, -0.2) is 20.8 Å². The second kappa shape index (κ2) is 6.26. The molecule has 0 fully saturated rings. The van der Waals surface area contributed by atoms with Crippen molar-refractivity contribution in [3.05, 3.63) is 34.5 Å². The highest BCUT2D eigenvalue weighted by atomic mass is 33.1. The Bertz CT molecular complexity index is 380. The van der Waals surface area contributed by atoms with E-state index in [0.717, 1.165) is 11.5 Å². The zero-order chi connectivity index (χ0) is 12.9. The van der Waals surface area contributed by atoms with E-state index in [2.05, 4.69) is 18.8 Å². The smallest absolute Gasteiger partial charge is 0.257 e. The number of nitrogens with zero attached hydrogens (tertiary/aromatic N) is 2. The second-order valence-electron chi connectivity index (χ2n) is 4.00. The molecule has 1 aliphatic heterocycles. The van der Waals surface area contributed by atoms with Crippen LogP contribution in [-0.2, 0) is 0 Å². The van der Waals surface area contributed by atoms with E-state index in [-0.39, 0.29) is 4.92 Å². The van der Waals surface area contributed by atoms with Gasteiger partial charge in [-0.1, -0.05) is 24.6 Å². The molecule has 6 heteroatoms. The first-order chi connectivity index (χ1) is 7.98. The van der Waals surface area contributed by atoms with Crippen LogP contribution in [0.5, 0.6) is 0 Å². The van der Waals surface area contributed by atoms with E-state index in [1.807, 2.05) is 0 Å². The molecule has 1 aliphatic rings. The maximum Gasteiger partial charge on any atom is 0.257 e. The summed E-state index contributed by atoms with van der Waals surface area (Å²) in [5.41, 5.74) is -1.15. The molecule has 1 heterocycles. The molecule has 0 saturated carbocycles. The van der Waals surface area contributed by atoms with Crippen LogP contribution in [0, 0.1) is 10.1 Å². The van der Waals surface area contributed by atoms with Crippen molar-refractivity contribution in [1.29, 1.82) is 0 Å². The maximum atomic E-state index is 10.9. The third-order valence-electron chi connectivity index (χ3n) is 2.44. The molecular formula is C11H16N2O2S2. The monoisotopic (exact) mass is 272 g/mol. The van der Waals surface area contributed by atoms with Crippen LogP contribution in [0.25, 0.3) is 0 Å². The van der Waals surface area contributed by atoms with Crippen LogP contribution in [0.3, 0.4) is 0 Å². The summed E-state index contributed by atoms with van der Waals surface area (Å²) in [5, 5.41) is 12.2. The summed E-state index contributed by atoms with van der Waals surface area (Å²) >= 11 is 0. The van der Waals surface area contributed by atoms with Crippen molar-refractivity contribution in [3.8, 4) is 0 Å². The van der Waals surface area contributed by atoms with Gasteiger partial charge in [-0.15, -0.1) is 0 Å². The molecule has 17 heavy (non-hydrogen) atoms. The topological polar surface area (TPSA) is 55.5 Å². The van der Waals surface area contributed by atoms with Crippen LogP contribution in [0.4, 0.5) is 0 Å². The van der Waals surface area contributed by atoms with E-state index in [1.54, 1.807) is 40.7 Å².